The number of nitrogens with one attached hydrogen (secondary N) is 2. The molecule has 37 heavy (non-hydrogen) atoms. The smallest absolute Gasteiger partial charge is 0.233 e. The maximum atomic E-state index is 15.2. The van der Waals surface area contributed by atoms with Crippen LogP contribution in [-0.2, 0) is 0 Å². The highest BCUT2D eigenvalue weighted by Gasteiger charge is 2.56. The molecule has 0 spiro atoms. The molecule has 2 aliphatic heterocycles. The van der Waals surface area contributed by atoms with E-state index >= 15 is 4.39 Å². The summed E-state index contributed by atoms with van der Waals surface area (Å²) in [7, 11) is 1.48. The Balaban J connectivity index is 1.24. The Kier molecular flexibility index (Phi) is 5.78. The van der Waals surface area contributed by atoms with Gasteiger partial charge < -0.3 is 20.5 Å². The van der Waals surface area contributed by atoms with Crippen LogP contribution in [0.3, 0.4) is 0 Å². The number of hydrogen-bond donors (Lipinski definition) is 3. The van der Waals surface area contributed by atoms with E-state index in [1.54, 1.807) is 12.1 Å². The van der Waals surface area contributed by atoms with Gasteiger partial charge in [0.25, 0.3) is 0 Å². The van der Waals surface area contributed by atoms with Gasteiger partial charge >= 0.3 is 0 Å². The van der Waals surface area contributed by atoms with E-state index in [1.165, 1.54) is 57.5 Å². The lowest BCUT2D eigenvalue weighted by molar-refractivity contribution is 0.0193. The van der Waals surface area contributed by atoms with Crippen LogP contribution in [0.25, 0.3) is 22.4 Å². The summed E-state index contributed by atoms with van der Waals surface area (Å²) >= 11 is 0. The van der Waals surface area contributed by atoms with Gasteiger partial charge in [-0.25, -0.2) is 4.39 Å². The van der Waals surface area contributed by atoms with Crippen LogP contribution in [0.5, 0.6) is 11.6 Å². The van der Waals surface area contributed by atoms with Gasteiger partial charge in [-0.1, -0.05) is 0 Å². The number of phenolic OH excluding ortho intramolecular Hbond substituents is 1. The average molecular weight is 505 g/mol. The highest BCUT2D eigenvalue weighted by Crippen LogP contribution is 2.53. The van der Waals surface area contributed by atoms with Crippen LogP contribution >= 0.6 is 0 Å². The Labute approximate surface area is 216 Å². The second kappa shape index (κ2) is 8.90. The number of fused-ring (bicyclic) bond motifs is 2. The summed E-state index contributed by atoms with van der Waals surface area (Å²) in [4.78, 5) is 0. The number of aromatic hydroxyl groups is 1. The van der Waals surface area contributed by atoms with Crippen molar-refractivity contribution in [3.8, 4) is 34.0 Å². The fourth-order valence-electron chi connectivity index (χ4n) is 6.91. The first-order valence-electron chi connectivity index (χ1n) is 13.1. The number of rotatable bonds is 6. The second-order valence-electron chi connectivity index (χ2n) is 11.4. The van der Waals surface area contributed by atoms with E-state index in [-0.39, 0.29) is 28.1 Å². The minimum absolute atomic E-state index is 0.0176. The summed E-state index contributed by atoms with van der Waals surface area (Å²) in [5, 5.41) is 34.8. The molecule has 4 heterocycles. The Morgan fingerprint density at radius 2 is 1.92 bits per heavy atom. The summed E-state index contributed by atoms with van der Waals surface area (Å²) in [6.07, 6.45) is 8.75. The van der Waals surface area contributed by atoms with Crippen molar-refractivity contribution in [1.82, 2.24) is 25.7 Å². The monoisotopic (exact) mass is 504 g/mol. The quantitative estimate of drug-likeness (QED) is 0.433. The lowest BCUT2D eigenvalue weighted by Gasteiger charge is -2.58. The number of methoxy groups -OCH3 is 1. The van der Waals surface area contributed by atoms with Gasteiger partial charge in [-0.15, -0.1) is 15.3 Å². The van der Waals surface area contributed by atoms with Crippen molar-refractivity contribution in [2.45, 2.75) is 69.5 Å². The fourth-order valence-corrected chi connectivity index (χ4v) is 6.91. The standard InChI is InChI=1S/C28H33FN6O2/c1-27-9-4-10-28(2,35-27)26(16-5-6-16)21(14-27)31-23-8-7-20(32-33-23)25-19(29)11-17(12-22(25)36)18-13-24(37-3)34-30-15-18/h7-8,11-13,15-16,21,26,35-36H,4-6,9-10,14H2,1-3H3,(H,31,33). The maximum Gasteiger partial charge on any atom is 0.233 e. The normalized spacial score (nSPS) is 29.1. The van der Waals surface area contributed by atoms with E-state index in [2.05, 4.69) is 44.9 Å². The van der Waals surface area contributed by atoms with Crippen LogP contribution in [0.2, 0.25) is 0 Å². The highest BCUT2D eigenvalue weighted by atomic mass is 19.1. The van der Waals surface area contributed by atoms with Crippen LogP contribution in [-0.4, -0.2) is 49.7 Å². The highest BCUT2D eigenvalue weighted by molar-refractivity contribution is 5.75. The third-order valence-corrected chi connectivity index (χ3v) is 8.48. The van der Waals surface area contributed by atoms with Gasteiger partial charge in [0, 0.05) is 28.7 Å². The first kappa shape index (κ1) is 24.0. The zero-order chi connectivity index (χ0) is 25.8. The Morgan fingerprint density at radius 1 is 1.08 bits per heavy atom. The van der Waals surface area contributed by atoms with E-state index in [0.29, 0.717) is 34.8 Å². The molecule has 1 saturated carbocycles. The molecule has 3 aromatic rings. The van der Waals surface area contributed by atoms with E-state index in [1.807, 2.05) is 6.07 Å². The molecule has 2 aromatic heterocycles. The fraction of sp³-hybridized carbons (Fsp3) is 0.500. The van der Waals surface area contributed by atoms with E-state index < -0.39 is 5.82 Å². The van der Waals surface area contributed by atoms with E-state index in [0.717, 1.165) is 12.3 Å². The van der Waals surface area contributed by atoms with Crippen molar-refractivity contribution in [3.05, 3.63) is 42.3 Å². The number of phenols is 1. The Bertz CT molecular complexity index is 1290. The molecule has 2 bridgehead atoms. The molecule has 1 aromatic carbocycles. The molecule has 0 radical (unpaired) electrons. The maximum absolute atomic E-state index is 15.2. The van der Waals surface area contributed by atoms with E-state index in [9.17, 15) is 5.11 Å². The van der Waals surface area contributed by atoms with Crippen LogP contribution in [0.1, 0.15) is 52.4 Å². The summed E-state index contributed by atoms with van der Waals surface area (Å²) in [5.74, 6) is 1.45. The summed E-state index contributed by atoms with van der Waals surface area (Å²) in [6.45, 7) is 4.73. The van der Waals surface area contributed by atoms with Crippen molar-refractivity contribution in [3.63, 3.8) is 0 Å². The third-order valence-electron chi connectivity index (χ3n) is 8.48. The predicted octanol–water partition coefficient (Wildman–Crippen LogP) is 4.96. The van der Waals surface area contributed by atoms with Gasteiger partial charge in [-0.2, -0.15) is 5.10 Å². The number of hydrogen-bond acceptors (Lipinski definition) is 8. The molecule has 2 saturated heterocycles. The second-order valence-corrected chi connectivity index (χ2v) is 11.4. The van der Waals surface area contributed by atoms with Crippen molar-refractivity contribution < 1.29 is 14.2 Å². The molecule has 4 atom stereocenters. The summed E-state index contributed by atoms with van der Waals surface area (Å²) < 4.78 is 20.3. The van der Waals surface area contributed by atoms with Crippen LogP contribution < -0.4 is 15.4 Å². The average Bonchev–Trinajstić information content (AvgIpc) is 3.68. The lowest BCUT2D eigenvalue weighted by Crippen LogP contribution is -2.70. The minimum Gasteiger partial charge on any atom is -0.507 e. The summed E-state index contributed by atoms with van der Waals surface area (Å²) in [6, 6.07) is 8.30. The molecule has 3 fully saturated rings. The van der Waals surface area contributed by atoms with Gasteiger partial charge in [-0.05, 0) is 94.0 Å². The number of aromatic nitrogens is 4. The first-order valence-corrected chi connectivity index (χ1v) is 13.1. The molecule has 194 valence electrons. The van der Waals surface area contributed by atoms with Crippen LogP contribution in [0, 0.1) is 17.7 Å². The molecule has 0 amide bonds. The number of benzene rings is 1. The molecule has 3 N–H and O–H groups in total. The summed E-state index contributed by atoms with van der Waals surface area (Å²) in [5.41, 5.74) is 1.58. The van der Waals surface area contributed by atoms with Crippen molar-refractivity contribution in [1.29, 1.82) is 0 Å². The van der Waals surface area contributed by atoms with Crippen molar-refractivity contribution in [2.75, 3.05) is 12.4 Å². The lowest BCUT2D eigenvalue weighted by atomic mass is 9.62. The number of anilines is 1. The number of piperidine rings is 2. The SMILES string of the molecule is COc1cc(-c2cc(O)c(-c3ccc(NC4CC5(C)CCCC(C)(N5)C4C4CC4)nn3)c(F)c2)cnn1. The number of halogens is 1. The van der Waals surface area contributed by atoms with Crippen LogP contribution in [0.4, 0.5) is 10.2 Å². The molecule has 3 aliphatic rings. The zero-order valence-electron chi connectivity index (χ0n) is 21.5. The van der Waals surface area contributed by atoms with Crippen molar-refractivity contribution in [2.24, 2.45) is 11.8 Å². The molecular weight excluding hydrogens is 471 g/mol. The van der Waals surface area contributed by atoms with Gasteiger partial charge in [0.1, 0.15) is 17.4 Å². The predicted molar refractivity (Wildman–Crippen MR) is 139 cm³/mol. The Morgan fingerprint density at radius 3 is 2.62 bits per heavy atom. The minimum atomic E-state index is -0.596. The van der Waals surface area contributed by atoms with Crippen LogP contribution in [0.15, 0.2) is 36.5 Å². The molecule has 8 nitrogen and oxygen atoms in total. The zero-order valence-corrected chi connectivity index (χ0v) is 21.5. The van der Waals surface area contributed by atoms with Gasteiger partial charge in [-0.3, -0.25) is 0 Å². The Hall–Kier alpha value is -3.33. The molecular formula is C28H33FN6O2. The largest absolute Gasteiger partial charge is 0.507 e. The number of nitrogens with zero attached hydrogens (tertiary/aromatic N) is 4. The van der Waals surface area contributed by atoms with Gasteiger partial charge in [0.15, 0.2) is 0 Å². The van der Waals surface area contributed by atoms with Crippen molar-refractivity contribution >= 4 is 5.82 Å². The third kappa shape index (κ3) is 4.50. The molecule has 4 unspecified atom stereocenters. The van der Waals surface area contributed by atoms with Gasteiger partial charge in [0.2, 0.25) is 5.88 Å². The molecule has 9 heteroatoms. The first-order chi connectivity index (χ1) is 17.8. The van der Waals surface area contributed by atoms with E-state index in [4.69, 9.17) is 4.74 Å². The molecule has 1 aliphatic carbocycles. The van der Waals surface area contributed by atoms with Gasteiger partial charge in [0.05, 0.1) is 24.6 Å². The molecule has 6 rings (SSSR count). The number of ether oxygens (including phenoxy) is 1. The topological polar surface area (TPSA) is 105 Å².